The Bertz CT molecular complexity index is 243. The average Bonchev–Trinajstić information content (AvgIpc) is 2.07. The van der Waals surface area contributed by atoms with Crippen molar-refractivity contribution in [3.63, 3.8) is 0 Å². The van der Waals surface area contributed by atoms with E-state index in [4.69, 9.17) is 5.11 Å². The fourth-order valence-corrected chi connectivity index (χ4v) is 1.59. The Morgan fingerprint density at radius 2 is 1.80 bits per heavy atom. The molecule has 4 nitrogen and oxygen atoms in total. The third kappa shape index (κ3) is 3.35. The summed E-state index contributed by atoms with van der Waals surface area (Å²) in [4.78, 5) is 10.6. The smallest absolute Gasteiger partial charge is 0.479 e. The lowest BCUT2D eigenvalue weighted by Gasteiger charge is -2.32. The maximum absolute atomic E-state index is 11.8. The normalized spacial score (nSPS) is 32.7. The predicted octanol–water partition coefficient (Wildman–Crippen LogP) is 1.28. The van der Waals surface area contributed by atoms with E-state index in [2.05, 4.69) is 4.74 Å². The Morgan fingerprint density at radius 3 is 2.13 bits per heavy atom. The van der Waals surface area contributed by atoms with Crippen molar-refractivity contribution in [3.05, 3.63) is 0 Å². The first-order valence-electron chi connectivity index (χ1n) is 4.43. The molecular formula is C8H11F3O4. The molecule has 0 atom stereocenters. The van der Waals surface area contributed by atoms with Gasteiger partial charge in [0.05, 0.1) is 6.10 Å². The topological polar surface area (TPSA) is 66.8 Å². The van der Waals surface area contributed by atoms with Crippen LogP contribution in [0.4, 0.5) is 13.2 Å². The zero-order valence-corrected chi connectivity index (χ0v) is 7.75. The van der Waals surface area contributed by atoms with Gasteiger partial charge in [-0.1, -0.05) is 0 Å². The second-order valence-electron chi connectivity index (χ2n) is 3.60. The number of hydrogen-bond donors (Lipinski definition) is 2. The summed E-state index contributed by atoms with van der Waals surface area (Å²) >= 11 is 0. The number of aliphatic hydroxyl groups is 1. The largest absolute Gasteiger partial charge is 0.522 e. The summed E-state index contributed by atoms with van der Waals surface area (Å²) in [6, 6.07) is 0. The lowest BCUT2D eigenvalue weighted by Crippen LogP contribution is -2.44. The minimum Gasteiger partial charge on any atom is -0.479 e. The molecular weight excluding hydrogens is 217 g/mol. The predicted molar refractivity (Wildman–Crippen MR) is 42.0 cm³/mol. The summed E-state index contributed by atoms with van der Waals surface area (Å²) in [5.74, 6) is -1.40. The Balaban J connectivity index is 2.46. The summed E-state index contributed by atoms with van der Waals surface area (Å²) in [6.07, 6.45) is -6.41. The van der Waals surface area contributed by atoms with Crippen molar-refractivity contribution in [2.24, 2.45) is 0 Å². The molecule has 0 aromatic carbocycles. The number of ether oxygens (including phenoxy) is 1. The summed E-state index contributed by atoms with van der Waals surface area (Å²) < 4.78 is 39.1. The van der Waals surface area contributed by atoms with Gasteiger partial charge < -0.3 is 10.2 Å². The second-order valence-corrected chi connectivity index (χ2v) is 3.60. The molecule has 0 aromatic heterocycles. The van der Waals surface area contributed by atoms with Crippen molar-refractivity contribution in [1.82, 2.24) is 0 Å². The summed E-state index contributed by atoms with van der Waals surface area (Å²) in [5.41, 5.74) is -1.90. The maximum Gasteiger partial charge on any atom is 0.522 e. The summed E-state index contributed by atoms with van der Waals surface area (Å²) in [5, 5.41) is 18.0. The van der Waals surface area contributed by atoms with Gasteiger partial charge in [-0.3, -0.25) is 4.74 Å². The molecule has 7 heteroatoms. The number of rotatable bonds is 2. The molecule has 0 unspecified atom stereocenters. The number of carboxylic acid groups (broad SMARTS) is 1. The molecule has 0 saturated heterocycles. The van der Waals surface area contributed by atoms with Gasteiger partial charge in [0.1, 0.15) is 0 Å². The number of hydrogen-bond acceptors (Lipinski definition) is 3. The van der Waals surface area contributed by atoms with Crippen LogP contribution in [0.2, 0.25) is 0 Å². The number of alkyl halides is 3. The number of aliphatic carboxylic acids is 1. The van der Waals surface area contributed by atoms with Gasteiger partial charge in [0.15, 0.2) is 5.60 Å². The third-order valence-corrected chi connectivity index (χ3v) is 2.46. The highest BCUT2D eigenvalue weighted by molar-refractivity contribution is 5.77. The fourth-order valence-electron chi connectivity index (χ4n) is 1.59. The van der Waals surface area contributed by atoms with E-state index in [1.54, 1.807) is 0 Å². The average molecular weight is 228 g/mol. The van der Waals surface area contributed by atoms with E-state index in [0.717, 1.165) is 0 Å². The molecule has 88 valence electrons. The molecule has 1 aliphatic rings. The van der Waals surface area contributed by atoms with Crippen molar-refractivity contribution in [1.29, 1.82) is 0 Å². The molecule has 0 spiro atoms. The van der Waals surface area contributed by atoms with Crippen LogP contribution in [0.1, 0.15) is 25.7 Å². The molecule has 0 radical (unpaired) electrons. The van der Waals surface area contributed by atoms with E-state index >= 15 is 0 Å². The van der Waals surface area contributed by atoms with Crippen LogP contribution in [0.5, 0.6) is 0 Å². The lowest BCUT2D eigenvalue weighted by molar-refractivity contribution is -0.347. The van der Waals surface area contributed by atoms with E-state index in [1.165, 1.54) is 0 Å². The van der Waals surface area contributed by atoms with E-state index < -0.39 is 24.0 Å². The monoisotopic (exact) mass is 228 g/mol. The summed E-state index contributed by atoms with van der Waals surface area (Å²) in [7, 11) is 0. The van der Waals surface area contributed by atoms with Gasteiger partial charge in [0.25, 0.3) is 0 Å². The number of carboxylic acids is 1. The Kier molecular flexibility index (Phi) is 3.25. The SMILES string of the molecule is O=C(O)C1(O)CCC(OC(F)(F)F)CC1. The molecule has 0 bridgehead atoms. The van der Waals surface area contributed by atoms with Gasteiger partial charge in [-0.25, -0.2) is 4.79 Å². The van der Waals surface area contributed by atoms with Crippen LogP contribution in [-0.4, -0.2) is 34.2 Å². The van der Waals surface area contributed by atoms with Gasteiger partial charge in [0, 0.05) is 0 Å². The van der Waals surface area contributed by atoms with Crippen molar-refractivity contribution in [3.8, 4) is 0 Å². The van der Waals surface area contributed by atoms with E-state index in [1.807, 2.05) is 0 Å². The van der Waals surface area contributed by atoms with Crippen LogP contribution < -0.4 is 0 Å². The second kappa shape index (κ2) is 3.97. The highest BCUT2D eigenvalue weighted by atomic mass is 19.4. The first-order chi connectivity index (χ1) is 6.73. The van der Waals surface area contributed by atoms with E-state index in [0.29, 0.717) is 0 Å². The van der Waals surface area contributed by atoms with E-state index in [-0.39, 0.29) is 25.7 Å². The lowest BCUT2D eigenvalue weighted by atomic mass is 9.83. The van der Waals surface area contributed by atoms with Crippen LogP contribution in [0.15, 0.2) is 0 Å². The molecule has 0 heterocycles. The Labute approximate surface area is 83.6 Å². The van der Waals surface area contributed by atoms with Gasteiger partial charge in [-0.2, -0.15) is 0 Å². The van der Waals surface area contributed by atoms with Crippen LogP contribution in [0.3, 0.4) is 0 Å². The standard InChI is InChI=1S/C8H11F3O4/c9-8(10,11)15-5-1-3-7(14,4-2-5)6(12)13/h5,14H,1-4H2,(H,12,13). The van der Waals surface area contributed by atoms with Crippen molar-refractivity contribution in [2.45, 2.75) is 43.8 Å². The highest BCUT2D eigenvalue weighted by Gasteiger charge is 2.43. The Morgan fingerprint density at radius 1 is 1.33 bits per heavy atom. The minimum absolute atomic E-state index is 0.109. The van der Waals surface area contributed by atoms with Crippen LogP contribution in [-0.2, 0) is 9.53 Å². The zero-order valence-electron chi connectivity index (χ0n) is 7.75. The molecule has 0 amide bonds. The highest BCUT2D eigenvalue weighted by Crippen LogP contribution is 2.33. The fraction of sp³-hybridized carbons (Fsp3) is 0.875. The van der Waals surface area contributed by atoms with Gasteiger partial charge >= 0.3 is 12.3 Å². The molecule has 1 fully saturated rings. The van der Waals surface area contributed by atoms with Crippen molar-refractivity contribution < 1.29 is 32.9 Å². The van der Waals surface area contributed by atoms with Crippen molar-refractivity contribution >= 4 is 5.97 Å². The van der Waals surface area contributed by atoms with Gasteiger partial charge in [-0.15, -0.1) is 13.2 Å². The molecule has 1 aliphatic carbocycles. The minimum atomic E-state index is -4.71. The molecule has 0 aliphatic heterocycles. The number of halogens is 3. The van der Waals surface area contributed by atoms with Crippen molar-refractivity contribution in [2.75, 3.05) is 0 Å². The third-order valence-electron chi connectivity index (χ3n) is 2.46. The molecule has 0 aromatic rings. The first kappa shape index (κ1) is 12.3. The zero-order chi connectivity index (χ0) is 11.7. The van der Waals surface area contributed by atoms with Crippen LogP contribution >= 0.6 is 0 Å². The molecule has 1 rings (SSSR count). The van der Waals surface area contributed by atoms with Crippen LogP contribution in [0.25, 0.3) is 0 Å². The van der Waals surface area contributed by atoms with Crippen LogP contribution in [0, 0.1) is 0 Å². The quantitative estimate of drug-likeness (QED) is 0.747. The molecule has 15 heavy (non-hydrogen) atoms. The van der Waals surface area contributed by atoms with Gasteiger partial charge in [-0.05, 0) is 25.7 Å². The first-order valence-corrected chi connectivity index (χ1v) is 4.43. The molecule has 1 saturated carbocycles. The maximum atomic E-state index is 11.8. The van der Waals surface area contributed by atoms with E-state index in [9.17, 15) is 23.1 Å². The summed E-state index contributed by atoms with van der Waals surface area (Å²) in [6.45, 7) is 0. The van der Waals surface area contributed by atoms with Gasteiger partial charge in [0.2, 0.25) is 0 Å². The Hall–Kier alpha value is -0.820. The molecule has 2 N–H and O–H groups in total. The number of carbonyl (C=O) groups is 1.